The van der Waals surface area contributed by atoms with Gasteiger partial charge >= 0.3 is 0 Å². The Kier molecular flexibility index (Phi) is 3.50. The Morgan fingerprint density at radius 3 is 2.83 bits per heavy atom. The number of H-pyrrole nitrogens is 1. The predicted molar refractivity (Wildman–Crippen MR) is 95.9 cm³/mol. The fraction of sp³-hybridized carbons (Fsp3) is 0.100. The largest absolute Gasteiger partial charge is 0.345 e. The number of nitrogens with one attached hydrogen (secondary N) is 2. The second kappa shape index (κ2) is 5.81. The van der Waals surface area contributed by atoms with E-state index >= 15 is 0 Å². The molecule has 1 amide bonds. The minimum absolute atomic E-state index is 0.0823. The van der Waals surface area contributed by atoms with Gasteiger partial charge in [0.1, 0.15) is 0 Å². The Morgan fingerprint density at radius 1 is 1.08 bits per heavy atom. The highest BCUT2D eigenvalue weighted by Crippen LogP contribution is 2.24. The van der Waals surface area contributed by atoms with Crippen molar-refractivity contribution < 1.29 is 4.79 Å². The van der Waals surface area contributed by atoms with E-state index in [0.29, 0.717) is 5.56 Å². The number of hydrogen-bond donors (Lipinski definition) is 2. The van der Waals surface area contributed by atoms with Crippen LogP contribution in [0.15, 0.2) is 67.0 Å². The van der Waals surface area contributed by atoms with E-state index in [1.54, 1.807) is 12.4 Å². The summed E-state index contributed by atoms with van der Waals surface area (Å²) in [5.41, 5.74) is 3.46. The van der Waals surface area contributed by atoms with Crippen molar-refractivity contribution in [2.75, 3.05) is 0 Å². The molecule has 4 nitrogen and oxygen atoms in total. The molecule has 118 valence electrons. The molecule has 0 saturated carbocycles. The summed E-state index contributed by atoms with van der Waals surface area (Å²) in [6, 6.07) is 19.8. The highest BCUT2D eigenvalue weighted by atomic mass is 16.1. The number of nitrogens with zero attached hydrogens (tertiary/aromatic N) is 1. The Balaban J connectivity index is 1.62. The maximum absolute atomic E-state index is 12.6. The number of hydrogen-bond acceptors (Lipinski definition) is 2. The first-order valence-corrected chi connectivity index (χ1v) is 7.94. The SMILES string of the molecule is C[C@H](NC(=O)c1ccc2nc[nH]c2c1)c1cccc2ccccc12. The van der Waals surface area contributed by atoms with Crippen LogP contribution < -0.4 is 5.32 Å². The second-order valence-electron chi connectivity index (χ2n) is 5.90. The van der Waals surface area contributed by atoms with Crippen molar-refractivity contribution in [3.8, 4) is 0 Å². The van der Waals surface area contributed by atoms with Gasteiger partial charge in [-0.2, -0.15) is 0 Å². The number of carbonyl (C=O) groups excluding carboxylic acids is 1. The van der Waals surface area contributed by atoms with Gasteiger partial charge in [0.25, 0.3) is 5.91 Å². The van der Waals surface area contributed by atoms with Crippen molar-refractivity contribution >= 4 is 27.7 Å². The third kappa shape index (κ3) is 2.52. The second-order valence-corrected chi connectivity index (χ2v) is 5.90. The van der Waals surface area contributed by atoms with E-state index in [9.17, 15) is 4.79 Å². The summed E-state index contributed by atoms with van der Waals surface area (Å²) in [6.45, 7) is 2.01. The Hall–Kier alpha value is -3.14. The van der Waals surface area contributed by atoms with E-state index in [-0.39, 0.29) is 11.9 Å². The molecule has 0 bridgehead atoms. The molecular formula is C20H17N3O. The number of carbonyl (C=O) groups is 1. The number of fused-ring (bicyclic) bond motifs is 2. The molecule has 1 atom stereocenters. The van der Waals surface area contributed by atoms with Crippen molar-refractivity contribution in [3.63, 3.8) is 0 Å². The Bertz CT molecular complexity index is 1030. The van der Waals surface area contributed by atoms with Crippen molar-refractivity contribution in [2.45, 2.75) is 13.0 Å². The topological polar surface area (TPSA) is 57.8 Å². The van der Waals surface area contributed by atoms with Crippen molar-refractivity contribution in [1.82, 2.24) is 15.3 Å². The molecule has 0 fully saturated rings. The van der Waals surface area contributed by atoms with E-state index in [1.807, 2.05) is 37.3 Å². The number of benzene rings is 3. The lowest BCUT2D eigenvalue weighted by atomic mass is 9.99. The van der Waals surface area contributed by atoms with Crippen molar-refractivity contribution in [3.05, 3.63) is 78.1 Å². The first-order chi connectivity index (χ1) is 11.7. The van der Waals surface area contributed by atoms with Crippen LogP contribution in [0, 0.1) is 0 Å². The van der Waals surface area contributed by atoms with E-state index in [2.05, 4.69) is 39.6 Å². The van der Waals surface area contributed by atoms with Gasteiger partial charge in [0, 0.05) is 5.56 Å². The number of aromatic nitrogens is 2. The van der Waals surface area contributed by atoms with Crippen LogP contribution in [0.2, 0.25) is 0 Å². The van der Waals surface area contributed by atoms with E-state index in [0.717, 1.165) is 22.0 Å². The molecule has 0 aliphatic carbocycles. The first kappa shape index (κ1) is 14.5. The van der Waals surface area contributed by atoms with E-state index < -0.39 is 0 Å². The number of aromatic amines is 1. The molecular weight excluding hydrogens is 298 g/mol. The van der Waals surface area contributed by atoms with Gasteiger partial charge in [-0.25, -0.2) is 4.98 Å². The summed E-state index contributed by atoms with van der Waals surface area (Å²) in [4.78, 5) is 19.8. The van der Waals surface area contributed by atoms with Gasteiger partial charge in [0.2, 0.25) is 0 Å². The third-order valence-electron chi connectivity index (χ3n) is 4.32. The fourth-order valence-corrected chi connectivity index (χ4v) is 3.06. The highest BCUT2D eigenvalue weighted by molar-refractivity contribution is 5.98. The van der Waals surface area contributed by atoms with Crippen LogP contribution >= 0.6 is 0 Å². The molecule has 0 aliphatic heterocycles. The lowest BCUT2D eigenvalue weighted by Crippen LogP contribution is -2.26. The standard InChI is InChI=1S/C20H17N3O/c1-13(16-8-4-6-14-5-2-3-7-17(14)16)23-20(24)15-9-10-18-19(11-15)22-12-21-18/h2-13H,1H3,(H,21,22)(H,23,24)/t13-/m0/s1. The summed E-state index contributed by atoms with van der Waals surface area (Å²) in [5.74, 6) is -0.0908. The fourth-order valence-electron chi connectivity index (χ4n) is 3.06. The average molecular weight is 315 g/mol. The van der Waals surface area contributed by atoms with Crippen molar-refractivity contribution in [2.24, 2.45) is 0 Å². The summed E-state index contributed by atoms with van der Waals surface area (Å²) in [5, 5.41) is 5.43. The third-order valence-corrected chi connectivity index (χ3v) is 4.32. The molecule has 1 heterocycles. The Labute approximate surface area is 139 Å². The normalized spacial score (nSPS) is 12.4. The smallest absolute Gasteiger partial charge is 0.251 e. The maximum atomic E-state index is 12.6. The molecule has 4 rings (SSSR count). The molecule has 2 N–H and O–H groups in total. The van der Waals surface area contributed by atoms with Gasteiger partial charge in [0.05, 0.1) is 23.4 Å². The quantitative estimate of drug-likeness (QED) is 0.595. The summed E-state index contributed by atoms with van der Waals surface area (Å²) < 4.78 is 0. The molecule has 0 unspecified atom stereocenters. The summed E-state index contributed by atoms with van der Waals surface area (Å²) in [6.07, 6.45) is 1.63. The lowest BCUT2D eigenvalue weighted by molar-refractivity contribution is 0.0940. The van der Waals surface area contributed by atoms with Gasteiger partial charge in [-0.05, 0) is 41.5 Å². The van der Waals surface area contributed by atoms with Gasteiger partial charge in [-0.1, -0.05) is 42.5 Å². The first-order valence-electron chi connectivity index (χ1n) is 7.94. The van der Waals surface area contributed by atoms with Crippen molar-refractivity contribution in [1.29, 1.82) is 0 Å². The number of rotatable bonds is 3. The zero-order chi connectivity index (χ0) is 16.5. The zero-order valence-electron chi connectivity index (χ0n) is 13.3. The summed E-state index contributed by atoms with van der Waals surface area (Å²) in [7, 11) is 0. The number of imidazole rings is 1. The van der Waals surface area contributed by atoms with Crippen LogP contribution in [-0.4, -0.2) is 15.9 Å². The minimum Gasteiger partial charge on any atom is -0.345 e. The predicted octanol–water partition coefficient (Wildman–Crippen LogP) is 4.21. The minimum atomic E-state index is -0.0908. The van der Waals surface area contributed by atoms with Crippen LogP contribution in [0.3, 0.4) is 0 Å². The molecule has 0 saturated heterocycles. The monoisotopic (exact) mass is 315 g/mol. The lowest BCUT2D eigenvalue weighted by Gasteiger charge is -2.16. The molecule has 24 heavy (non-hydrogen) atoms. The molecule has 4 aromatic rings. The van der Waals surface area contributed by atoms with Gasteiger partial charge in [-0.15, -0.1) is 0 Å². The maximum Gasteiger partial charge on any atom is 0.251 e. The summed E-state index contributed by atoms with van der Waals surface area (Å²) >= 11 is 0. The molecule has 1 aromatic heterocycles. The van der Waals surface area contributed by atoms with Crippen LogP contribution in [0.1, 0.15) is 28.9 Å². The van der Waals surface area contributed by atoms with Crippen LogP contribution in [0.5, 0.6) is 0 Å². The molecule has 3 aromatic carbocycles. The number of amides is 1. The van der Waals surface area contributed by atoms with Crippen LogP contribution in [0.4, 0.5) is 0 Å². The van der Waals surface area contributed by atoms with E-state index in [4.69, 9.17) is 0 Å². The highest BCUT2D eigenvalue weighted by Gasteiger charge is 2.14. The van der Waals surface area contributed by atoms with E-state index in [1.165, 1.54) is 5.39 Å². The molecule has 4 heteroatoms. The van der Waals surface area contributed by atoms with Crippen LogP contribution in [-0.2, 0) is 0 Å². The molecule has 0 aliphatic rings. The van der Waals surface area contributed by atoms with Gasteiger partial charge in [-0.3, -0.25) is 4.79 Å². The van der Waals surface area contributed by atoms with Crippen LogP contribution in [0.25, 0.3) is 21.8 Å². The van der Waals surface area contributed by atoms with Gasteiger partial charge < -0.3 is 10.3 Å². The Morgan fingerprint density at radius 2 is 1.92 bits per heavy atom. The average Bonchev–Trinajstić information content (AvgIpc) is 3.08. The zero-order valence-corrected chi connectivity index (χ0v) is 13.3. The van der Waals surface area contributed by atoms with Gasteiger partial charge in [0.15, 0.2) is 0 Å². The molecule has 0 radical (unpaired) electrons. The molecule has 0 spiro atoms.